The molecule has 0 radical (unpaired) electrons. The van der Waals surface area contributed by atoms with Crippen LogP contribution in [0.4, 0.5) is 4.39 Å². The van der Waals surface area contributed by atoms with Crippen LogP contribution in [0.5, 0.6) is 0 Å². The van der Waals surface area contributed by atoms with E-state index < -0.39 is 0 Å². The average molecular weight is 402 g/mol. The van der Waals surface area contributed by atoms with Gasteiger partial charge in [0.2, 0.25) is 0 Å². The fourth-order valence-electron chi connectivity index (χ4n) is 3.42. The van der Waals surface area contributed by atoms with Crippen LogP contribution < -0.4 is 0 Å². The second kappa shape index (κ2) is 8.91. The number of rotatable bonds is 7. The van der Waals surface area contributed by atoms with Crippen LogP contribution in [0.25, 0.3) is 22.4 Å². The van der Waals surface area contributed by atoms with Gasteiger partial charge in [0.25, 0.3) is 0 Å². The molecule has 0 aliphatic carbocycles. The maximum absolute atomic E-state index is 13.9. The molecule has 0 saturated heterocycles. The van der Waals surface area contributed by atoms with Crippen molar-refractivity contribution in [2.45, 2.75) is 26.3 Å². The smallest absolute Gasteiger partial charge is 0.338 e. The molecule has 1 aromatic heterocycles. The zero-order valence-corrected chi connectivity index (χ0v) is 16.8. The number of imidazole rings is 1. The van der Waals surface area contributed by atoms with Crippen molar-refractivity contribution in [1.82, 2.24) is 9.55 Å². The predicted octanol–water partition coefficient (Wildman–Crippen LogP) is 5.85. The number of unbranched alkanes of at least 4 members (excludes halogenated alkanes) is 1. The van der Waals surface area contributed by atoms with Crippen LogP contribution >= 0.6 is 0 Å². The lowest BCUT2D eigenvalue weighted by Gasteiger charge is -2.10. The highest BCUT2D eigenvalue weighted by molar-refractivity contribution is 5.94. The van der Waals surface area contributed by atoms with E-state index in [0.29, 0.717) is 35.6 Å². The number of hydrogen-bond donors (Lipinski definition) is 0. The Bertz CT molecular complexity index is 1170. The van der Waals surface area contributed by atoms with Gasteiger partial charge in [-0.15, -0.1) is 0 Å². The lowest BCUT2D eigenvalue weighted by atomic mass is 10.1. The van der Waals surface area contributed by atoms with Crippen molar-refractivity contribution in [2.75, 3.05) is 6.61 Å². The molecular formula is C25H23FN2O2. The molecule has 0 aliphatic rings. The van der Waals surface area contributed by atoms with E-state index in [2.05, 4.69) is 0 Å². The quantitative estimate of drug-likeness (QED) is 0.288. The van der Waals surface area contributed by atoms with Gasteiger partial charge in [-0.2, -0.15) is 0 Å². The summed E-state index contributed by atoms with van der Waals surface area (Å²) in [4.78, 5) is 17.1. The number of aromatic nitrogens is 2. The third-order valence-corrected chi connectivity index (χ3v) is 4.98. The van der Waals surface area contributed by atoms with Gasteiger partial charge in [0.15, 0.2) is 0 Å². The zero-order chi connectivity index (χ0) is 20.9. The third kappa shape index (κ3) is 4.25. The van der Waals surface area contributed by atoms with Crippen LogP contribution in [0.1, 0.15) is 35.7 Å². The van der Waals surface area contributed by atoms with Crippen molar-refractivity contribution in [3.8, 4) is 11.4 Å². The van der Waals surface area contributed by atoms with Gasteiger partial charge in [-0.05, 0) is 42.3 Å². The molecule has 3 aromatic carbocycles. The zero-order valence-electron chi connectivity index (χ0n) is 16.8. The lowest BCUT2D eigenvalue weighted by Crippen LogP contribution is -2.06. The van der Waals surface area contributed by atoms with Gasteiger partial charge in [0.1, 0.15) is 11.6 Å². The van der Waals surface area contributed by atoms with Crippen LogP contribution in [0, 0.1) is 5.82 Å². The van der Waals surface area contributed by atoms with Gasteiger partial charge in [-0.1, -0.05) is 55.8 Å². The summed E-state index contributed by atoms with van der Waals surface area (Å²) in [5.74, 6) is -0.00822. The number of carbonyl (C=O) groups excluding carboxylic acids is 1. The van der Waals surface area contributed by atoms with Crippen LogP contribution in [0.15, 0.2) is 72.8 Å². The van der Waals surface area contributed by atoms with Crippen molar-refractivity contribution in [3.63, 3.8) is 0 Å². The van der Waals surface area contributed by atoms with E-state index in [-0.39, 0.29) is 11.8 Å². The summed E-state index contributed by atoms with van der Waals surface area (Å²) in [5, 5.41) is 0. The van der Waals surface area contributed by atoms with Crippen molar-refractivity contribution >= 4 is 17.0 Å². The Morgan fingerprint density at radius 2 is 1.87 bits per heavy atom. The number of nitrogens with zero attached hydrogens (tertiary/aromatic N) is 2. The van der Waals surface area contributed by atoms with Crippen molar-refractivity contribution < 1.29 is 13.9 Å². The lowest BCUT2D eigenvalue weighted by molar-refractivity contribution is 0.0500. The van der Waals surface area contributed by atoms with Crippen LogP contribution in [-0.2, 0) is 11.3 Å². The first kappa shape index (κ1) is 19.8. The molecule has 5 heteroatoms. The summed E-state index contributed by atoms with van der Waals surface area (Å²) in [7, 11) is 0. The molecule has 0 bridgehead atoms. The third-order valence-electron chi connectivity index (χ3n) is 4.98. The summed E-state index contributed by atoms with van der Waals surface area (Å²) in [5.41, 5.74) is 3.82. The first-order chi connectivity index (χ1) is 14.7. The van der Waals surface area contributed by atoms with E-state index in [1.807, 2.05) is 54.0 Å². The summed E-state index contributed by atoms with van der Waals surface area (Å²) < 4.78 is 21.3. The Morgan fingerprint density at radius 1 is 1.03 bits per heavy atom. The number of carbonyl (C=O) groups is 1. The van der Waals surface area contributed by atoms with E-state index >= 15 is 0 Å². The minimum absolute atomic E-state index is 0.314. The Hall–Kier alpha value is -3.47. The highest BCUT2D eigenvalue weighted by Gasteiger charge is 2.16. The maximum atomic E-state index is 13.9. The minimum atomic E-state index is -0.352. The van der Waals surface area contributed by atoms with E-state index in [1.165, 1.54) is 12.1 Å². The van der Waals surface area contributed by atoms with Gasteiger partial charge < -0.3 is 9.30 Å². The number of hydrogen-bond acceptors (Lipinski definition) is 3. The highest BCUT2D eigenvalue weighted by atomic mass is 19.1. The second-order valence-corrected chi connectivity index (χ2v) is 7.21. The van der Waals surface area contributed by atoms with Gasteiger partial charge in [-0.25, -0.2) is 14.2 Å². The molecule has 0 N–H and O–H groups in total. The molecule has 30 heavy (non-hydrogen) atoms. The van der Waals surface area contributed by atoms with Gasteiger partial charge in [0.05, 0.1) is 23.2 Å². The van der Waals surface area contributed by atoms with Crippen LogP contribution in [0.2, 0.25) is 0 Å². The van der Waals surface area contributed by atoms with Crippen LogP contribution in [0.3, 0.4) is 0 Å². The SMILES string of the molecule is CCCCOC(=O)c1ccc2c(c1)nc(-c1cccc(F)c1)n2Cc1ccccc1. The molecule has 0 aliphatic heterocycles. The molecule has 0 atom stereocenters. The Kier molecular flexibility index (Phi) is 5.89. The van der Waals surface area contributed by atoms with E-state index in [9.17, 15) is 9.18 Å². The van der Waals surface area contributed by atoms with Gasteiger partial charge >= 0.3 is 5.97 Å². The van der Waals surface area contributed by atoms with E-state index in [0.717, 1.165) is 23.9 Å². The molecule has 4 nitrogen and oxygen atoms in total. The number of halogens is 1. The number of esters is 1. The van der Waals surface area contributed by atoms with Gasteiger partial charge in [0, 0.05) is 12.1 Å². The summed E-state index contributed by atoms with van der Waals surface area (Å²) in [6, 6.07) is 21.8. The molecular weight excluding hydrogens is 379 g/mol. The summed E-state index contributed by atoms with van der Waals surface area (Å²) in [6.45, 7) is 3.04. The van der Waals surface area contributed by atoms with Gasteiger partial charge in [-0.3, -0.25) is 0 Å². The molecule has 4 aromatic rings. The minimum Gasteiger partial charge on any atom is -0.462 e. The van der Waals surface area contributed by atoms with Crippen molar-refractivity contribution in [3.05, 3.63) is 89.7 Å². The fourth-order valence-corrected chi connectivity index (χ4v) is 3.42. The van der Waals surface area contributed by atoms with E-state index in [4.69, 9.17) is 9.72 Å². The molecule has 0 unspecified atom stereocenters. The van der Waals surface area contributed by atoms with Crippen molar-refractivity contribution in [1.29, 1.82) is 0 Å². The first-order valence-corrected chi connectivity index (χ1v) is 10.1. The Balaban J connectivity index is 1.77. The largest absolute Gasteiger partial charge is 0.462 e. The van der Waals surface area contributed by atoms with Crippen LogP contribution in [-0.4, -0.2) is 22.1 Å². The number of fused-ring (bicyclic) bond motifs is 1. The fraction of sp³-hybridized carbons (Fsp3) is 0.200. The molecule has 0 spiro atoms. The van der Waals surface area contributed by atoms with E-state index in [1.54, 1.807) is 18.2 Å². The first-order valence-electron chi connectivity index (χ1n) is 10.1. The average Bonchev–Trinajstić information content (AvgIpc) is 3.12. The predicted molar refractivity (Wildman–Crippen MR) is 116 cm³/mol. The molecule has 0 amide bonds. The highest BCUT2D eigenvalue weighted by Crippen LogP contribution is 2.27. The molecule has 152 valence electrons. The molecule has 0 fully saturated rings. The molecule has 0 saturated carbocycles. The van der Waals surface area contributed by atoms with Crippen molar-refractivity contribution in [2.24, 2.45) is 0 Å². The summed E-state index contributed by atoms with van der Waals surface area (Å²) in [6.07, 6.45) is 1.80. The molecule has 1 heterocycles. The maximum Gasteiger partial charge on any atom is 0.338 e. The second-order valence-electron chi connectivity index (χ2n) is 7.21. The number of benzene rings is 3. The Morgan fingerprint density at radius 3 is 2.63 bits per heavy atom. The number of ether oxygens (including phenoxy) is 1. The summed E-state index contributed by atoms with van der Waals surface area (Å²) >= 11 is 0. The Labute approximate surface area is 174 Å². The standard InChI is InChI=1S/C25H23FN2O2/c1-2-3-14-30-25(29)20-12-13-23-22(16-20)27-24(19-10-7-11-21(26)15-19)28(23)17-18-8-5-4-6-9-18/h4-13,15-16H,2-3,14,17H2,1H3. The topological polar surface area (TPSA) is 44.1 Å². The normalized spacial score (nSPS) is 11.0. The monoisotopic (exact) mass is 402 g/mol. The molecule has 4 rings (SSSR count).